The molecular formula is C14H17ClN4S. The zero-order chi connectivity index (χ0) is 13.8. The van der Waals surface area contributed by atoms with Gasteiger partial charge < -0.3 is 4.90 Å². The summed E-state index contributed by atoms with van der Waals surface area (Å²) in [6, 6.07) is 6.01. The summed E-state index contributed by atoms with van der Waals surface area (Å²) in [7, 11) is 0. The van der Waals surface area contributed by atoms with Gasteiger partial charge in [-0.3, -0.25) is 4.90 Å². The fourth-order valence-corrected chi connectivity index (χ4v) is 3.49. The van der Waals surface area contributed by atoms with Crippen molar-refractivity contribution in [2.24, 2.45) is 0 Å². The molecule has 1 aliphatic heterocycles. The van der Waals surface area contributed by atoms with Crippen LogP contribution in [0.4, 0.5) is 5.95 Å². The molecule has 0 bridgehead atoms. The highest BCUT2D eigenvalue weighted by Gasteiger charge is 2.21. The minimum atomic E-state index is 0.0922. The molecule has 1 unspecified atom stereocenters. The molecule has 2 aromatic rings. The Morgan fingerprint density at radius 2 is 1.90 bits per heavy atom. The van der Waals surface area contributed by atoms with Gasteiger partial charge in [0.15, 0.2) is 0 Å². The summed E-state index contributed by atoms with van der Waals surface area (Å²) in [4.78, 5) is 14.5. The van der Waals surface area contributed by atoms with Crippen molar-refractivity contribution in [2.45, 2.75) is 5.38 Å². The van der Waals surface area contributed by atoms with Gasteiger partial charge in [0.2, 0.25) is 5.95 Å². The fourth-order valence-electron chi connectivity index (χ4n) is 2.37. The normalized spacial score (nSPS) is 18.1. The van der Waals surface area contributed by atoms with Crippen molar-refractivity contribution in [1.82, 2.24) is 14.9 Å². The van der Waals surface area contributed by atoms with Crippen molar-refractivity contribution in [1.29, 1.82) is 0 Å². The lowest BCUT2D eigenvalue weighted by Gasteiger charge is -2.35. The van der Waals surface area contributed by atoms with Crippen LogP contribution in [-0.4, -0.2) is 47.6 Å². The third kappa shape index (κ3) is 3.29. The molecule has 1 atom stereocenters. The number of alkyl halides is 1. The van der Waals surface area contributed by atoms with Gasteiger partial charge in [-0.05, 0) is 17.5 Å². The van der Waals surface area contributed by atoms with E-state index in [1.807, 2.05) is 6.07 Å². The molecule has 106 valence electrons. The Morgan fingerprint density at radius 3 is 2.55 bits per heavy atom. The predicted octanol–water partition coefficient (Wildman–Crippen LogP) is 2.64. The van der Waals surface area contributed by atoms with Gasteiger partial charge in [0.05, 0.1) is 5.38 Å². The second-order valence-corrected chi connectivity index (χ2v) is 6.33. The van der Waals surface area contributed by atoms with Gasteiger partial charge in [-0.2, -0.15) is 0 Å². The molecule has 0 saturated carbocycles. The zero-order valence-electron chi connectivity index (χ0n) is 11.2. The number of aromatic nitrogens is 2. The summed E-state index contributed by atoms with van der Waals surface area (Å²) in [6.45, 7) is 4.83. The van der Waals surface area contributed by atoms with E-state index < -0.39 is 0 Å². The highest BCUT2D eigenvalue weighted by Crippen LogP contribution is 2.26. The van der Waals surface area contributed by atoms with Crippen molar-refractivity contribution >= 4 is 28.9 Å². The largest absolute Gasteiger partial charge is 0.338 e. The molecule has 0 aliphatic carbocycles. The maximum Gasteiger partial charge on any atom is 0.225 e. The topological polar surface area (TPSA) is 32.3 Å². The Bertz CT molecular complexity index is 511. The smallest absolute Gasteiger partial charge is 0.225 e. The highest BCUT2D eigenvalue weighted by atomic mass is 35.5. The van der Waals surface area contributed by atoms with Gasteiger partial charge in [-0.25, -0.2) is 9.97 Å². The van der Waals surface area contributed by atoms with Crippen LogP contribution in [0.15, 0.2) is 36.0 Å². The Balaban J connectivity index is 1.51. The van der Waals surface area contributed by atoms with Crippen LogP contribution in [-0.2, 0) is 0 Å². The van der Waals surface area contributed by atoms with Gasteiger partial charge in [-0.15, -0.1) is 22.9 Å². The van der Waals surface area contributed by atoms with Crippen LogP contribution < -0.4 is 4.90 Å². The van der Waals surface area contributed by atoms with Gasteiger partial charge in [0.1, 0.15) is 0 Å². The first-order valence-electron chi connectivity index (χ1n) is 6.75. The molecule has 1 fully saturated rings. The molecule has 20 heavy (non-hydrogen) atoms. The monoisotopic (exact) mass is 308 g/mol. The fraction of sp³-hybridized carbons (Fsp3) is 0.429. The molecule has 3 rings (SSSR count). The van der Waals surface area contributed by atoms with E-state index in [1.165, 1.54) is 4.88 Å². The number of anilines is 1. The minimum absolute atomic E-state index is 0.0922. The summed E-state index contributed by atoms with van der Waals surface area (Å²) in [5.41, 5.74) is 0. The Kier molecular flexibility index (Phi) is 4.50. The number of nitrogens with zero attached hydrogens (tertiary/aromatic N) is 4. The van der Waals surface area contributed by atoms with Crippen molar-refractivity contribution < 1.29 is 0 Å². The summed E-state index contributed by atoms with van der Waals surface area (Å²) < 4.78 is 0. The van der Waals surface area contributed by atoms with E-state index >= 15 is 0 Å². The highest BCUT2D eigenvalue weighted by molar-refractivity contribution is 7.10. The van der Waals surface area contributed by atoms with Crippen LogP contribution in [0.25, 0.3) is 0 Å². The van der Waals surface area contributed by atoms with Crippen LogP contribution in [0, 0.1) is 0 Å². The molecule has 0 spiro atoms. The lowest BCUT2D eigenvalue weighted by molar-refractivity contribution is 0.257. The summed E-state index contributed by atoms with van der Waals surface area (Å²) in [5, 5.41) is 2.17. The number of hydrogen-bond acceptors (Lipinski definition) is 5. The van der Waals surface area contributed by atoms with Gasteiger partial charge in [0, 0.05) is 50.0 Å². The number of hydrogen-bond donors (Lipinski definition) is 0. The molecule has 2 aromatic heterocycles. The Hall–Kier alpha value is -1.17. The quantitative estimate of drug-likeness (QED) is 0.813. The second-order valence-electron chi connectivity index (χ2n) is 4.82. The Morgan fingerprint density at radius 1 is 1.15 bits per heavy atom. The molecule has 0 aromatic carbocycles. The molecule has 0 radical (unpaired) electrons. The molecule has 1 saturated heterocycles. The van der Waals surface area contributed by atoms with Gasteiger partial charge in [-0.1, -0.05) is 6.07 Å². The van der Waals surface area contributed by atoms with Crippen LogP contribution >= 0.6 is 22.9 Å². The third-order valence-corrected chi connectivity index (χ3v) is 4.97. The maximum absolute atomic E-state index is 6.46. The van der Waals surface area contributed by atoms with E-state index in [0.717, 1.165) is 38.7 Å². The number of piperazine rings is 1. The predicted molar refractivity (Wildman–Crippen MR) is 83.6 cm³/mol. The molecule has 4 nitrogen and oxygen atoms in total. The van der Waals surface area contributed by atoms with Crippen molar-refractivity contribution in [2.75, 3.05) is 37.6 Å². The van der Waals surface area contributed by atoms with Gasteiger partial charge in [0.25, 0.3) is 0 Å². The summed E-state index contributed by atoms with van der Waals surface area (Å²) >= 11 is 8.19. The van der Waals surface area contributed by atoms with Crippen LogP contribution in [0.1, 0.15) is 10.3 Å². The maximum atomic E-state index is 6.46. The lowest BCUT2D eigenvalue weighted by atomic mass is 10.2. The number of halogens is 1. The van der Waals surface area contributed by atoms with E-state index in [9.17, 15) is 0 Å². The van der Waals surface area contributed by atoms with E-state index in [1.54, 1.807) is 23.7 Å². The van der Waals surface area contributed by atoms with Crippen molar-refractivity contribution in [3.8, 4) is 0 Å². The van der Waals surface area contributed by atoms with E-state index in [-0.39, 0.29) is 5.38 Å². The second kappa shape index (κ2) is 6.52. The summed E-state index contributed by atoms with van der Waals surface area (Å²) in [6.07, 6.45) is 3.58. The standard InChI is InChI=1S/C14H17ClN4S/c15-12(13-3-1-10-20-13)11-18-6-8-19(9-7-18)14-16-4-2-5-17-14/h1-5,10,12H,6-9,11H2. The average Bonchev–Trinajstić information content (AvgIpc) is 3.03. The van der Waals surface area contributed by atoms with Crippen molar-refractivity contribution in [3.63, 3.8) is 0 Å². The van der Waals surface area contributed by atoms with Crippen LogP contribution in [0.2, 0.25) is 0 Å². The van der Waals surface area contributed by atoms with E-state index in [0.29, 0.717) is 0 Å². The van der Waals surface area contributed by atoms with E-state index in [4.69, 9.17) is 11.6 Å². The van der Waals surface area contributed by atoms with Crippen molar-refractivity contribution in [3.05, 3.63) is 40.8 Å². The first-order chi connectivity index (χ1) is 9.83. The number of rotatable bonds is 4. The third-order valence-electron chi connectivity index (χ3n) is 3.48. The van der Waals surface area contributed by atoms with Crippen LogP contribution in [0.3, 0.4) is 0 Å². The molecule has 6 heteroatoms. The van der Waals surface area contributed by atoms with Gasteiger partial charge >= 0.3 is 0 Å². The molecule has 0 N–H and O–H groups in total. The summed E-state index contributed by atoms with van der Waals surface area (Å²) in [5.74, 6) is 0.827. The molecule has 0 amide bonds. The lowest BCUT2D eigenvalue weighted by Crippen LogP contribution is -2.47. The first kappa shape index (κ1) is 13.8. The zero-order valence-corrected chi connectivity index (χ0v) is 12.7. The SMILES string of the molecule is ClC(CN1CCN(c2ncccn2)CC1)c1cccs1. The average molecular weight is 309 g/mol. The van der Waals surface area contributed by atoms with Crippen LogP contribution in [0.5, 0.6) is 0 Å². The van der Waals surface area contributed by atoms with E-state index in [2.05, 4.69) is 37.3 Å². The first-order valence-corrected chi connectivity index (χ1v) is 8.06. The minimum Gasteiger partial charge on any atom is -0.338 e. The number of thiophene rings is 1. The molecule has 1 aliphatic rings. The Labute approximate surface area is 128 Å². The molecular weight excluding hydrogens is 292 g/mol. The molecule has 3 heterocycles.